The molecule has 1 fully saturated rings. The highest BCUT2D eigenvalue weighted by atomic mass is 16.2. The summed E-state index contributed by atoms with van der Waals surface area (Å²) in [6, 6.07) is 2.41. The van der Waals surface area contributed by atoms with Crippen LogP contribution in [0.1, 0.15) is 24.7 Å². The minimum atomic E-state index is 0.132. The number of carbonyl (C=O) groups excluding carboxylic acids is 1. The molecule has 1 aliphatic rings. The molecule has 0 unspecified atom stereocenters. The van der Waals surface area contributed by atoms with E-state index in [0.29, 0.717) is 12.6 Å². The summed E-state index contributed by atoms with van der Waals surface area (Å²) < 4.78 is 2.03. The number of carbonyl (C=O) groups is 1. The van der Waals surface area contributed by atoms with Crippen LogP contribution in [0.4, 0.5) is 0 Å². The number of hydrogen-bond acceptors (Lipinski definition) is 3. The molecule has 1 amide bonds. The van der Waals surface area contributed by atoms with Crippen LogP contribution in [0.25, 0.3) is 0 Å². The fourth-order valence-corrected chi connectivity index (χ4v) is 2.43. The van der Waals surface area contributed by atoms with E-state index in [0.717, 1.165) is 31.7 Å². The van der Waals surface area contributed by atoms with Gasteiger partial charge in [0.15, 0.2) is 0 Å². The lowest BCUT2D eigenvalue weighted by Gasteiger charge is -2.26. The van der Waals surface area contributed by atoms with E-state index in [1.54, 1.807) is 0 Å². The van der Waals surface area contributed by atoms with Gasteiger partial charge >= 0.3 is 0 Å². The second-order valence-corrected chi connectivity index (χ2v) is 5.13. The van der Waals surface area contributed by atoms with Crippen molar-refractivity contribution in [1.82, 2.24) is 20.0 Å². The number of nitrogens with zero attached hydrogens (tertiary/aromatic N) is 3. The Morgan fingerprint density at radius 1 is 1.50 bits per heavy atom. The van der Waals surface area contributed by atoms with Gasteiger partial charge in [0.2, 0.25) is 5.91 Å². The predicted molar refractivity (Wildman–Crippen MR) is 70.4 cm³/mol. The molecule has 1 aromatic rings. The first-order valence-corrected chi connectivity index (χ1v) is 6.58. The van der Waals surface area contributed by atoms with Gasteiger partial charge in [0.25, 0.3) is 0 Å². The van der Waals surface area contributed by atoms with Gasteiger partial charge < -0.3 is 5.32 Å². The normalized spacial score (nSPS) is 19.4. The third-order valence-corrected chi connectivity index (χ3v) is 3.45. The Kier molecular flexibility index (Phi) is 4.01. The number of aromatic nitrogens is 2. The van der Waals surface area contributed by atoms with Crippen LogP contribution < -0.4 is 5.32 Å². The summed E-state index contributed by atoms with van der Waals surface area (Å²) in [6.45, 7) is 9.35. The first kappa shape index (κ1) is 13.1. The highest BCUT2D eigenvalue weighted by Crippen LogP contribution is 2.08. The third kappa shape index (κ3) is 3.10. The molecule has 2 rings (SSSR count). The molecule has 1 aromatic heterocycles. The number of hydrogen-bond donors (Lipinski definition) is 1. The molecular formula is C13H22N4O. The molecule has 1 atom stereocenters. The molecule has 100 valence electrons. The van der Waals surface area contributed by atoms with Gasteiger partial charge in [-0.05, 0) is 33.3 Å². The lowest BCUT2D eigenvalue weighted by Crippen LogP contribution is -2.41. The van der Waals surface area contributed by atoms with Crippen LogP contribution in [-0.2, 0) is 11.3 Å². The van der Waals surface area contributed by atoms with E-state index in [1.165, 1.54) is 5.69 Å². The number of aryl methyl sites for hydroxylation is 2. The molecule has 0 saturated carbocycles. The van der Waals surface area contributed by atoms with Gasteiger partial charge in [-0.25, -0.2) is 0 Å². The van der Waals surface area contributed by atoms with E-state index in [2.05, 4.69) is 35.2 Å². The molecule has 5 heteroatoms. The van der Waals surface area contributed by atoms with Gasteiger partial charge in [-0.1, -0.05) is 0 Å². The Hall–Kier alpha value is -1.36. The number of amides is 1. The van der Waals surface area contributed by atoms with E-state index in [1.807, 2.05) is 11.6 Å². The summed E-state index contributed by atoms with van der Waals surface area (Å²) in [4.78, 5) is 13.8. The highest BCUT2D eigenvalue weighted by Gasteiger charge is 2.20. The zero-order valence-electron chi connectivity index (χ0n) is 11.4. The molecule has 2 heterocycles. The molecule has 1 aliphatic heterocycles. The lowest BCUT2D eigenvalue weighted by atomic mass is 10.2. The molecule has 5 nitrogen and oxygen atoms in total. The highest BCUT2D eigenvalue weighted by molar-refractivity contribution is 5.78. The van der Waals surface area contributed by atoms with Gasteiger partial charge in [0.1, 0.15) is 0 Å². The summed E-state index contributed by atoms with van der Waals surface area (Å²) in [5.41, 5.74) is 2.23. The Bertz CT molecular complexity index is 427. The summed E-state index contributed by atoms with van der Waals surface area (Å²) in [5, 5.41) is 7.38. The predicted octanol–water partition coefficient (Wildman–Crippen LogP) is 0.710. The average molecular weight is 250 g/mol. The molecule has 0 radical (unpaired) electrons. The fraction of sp³-hybridized carbons (Fsp3) is 0.692. The Labute approximate surface area is 108 Å². The summed E-state index contributed by atoms with van der Waals surface area (Å²) >= 11 is 0. The zero-order chi connectivity index (χ0) is 13.1. The monoisotopic (exact) mass is 250 g/mol. The molecule has 18 heavy (non-hydrogen) atoms. The number of nitrogens with one attached hydrogen (secondary N) is 1. The SMILES string of the molecule is Cc1cc(C)n(C[C@H](C)N2CCCNC(=O)C2)n1. The van der Waals surface area contributed by atoms with Crippen LogP contribution in [0.2, 0.25) is 0 Å². The minimum absolute atomic E-state index is 0.132. The van der Waals surface area contributed by atoms with Crippen LogP contribution in [0, 0.1) is 13.8 Å². The van der Waals surface area contributed by atoms with E-state index < -0.39 is 0 Å². The quantitative estimate of drug-likeness (QED) is 0.859. The van der Waals surface area contributed by atoms with Crippen molar-refractivity contribution in [3.63, 3.8) is 0 Å². The summed E-state index contributed by atoms with van der Waals surface area (Å²) in [6.07, 6.45) is 1.02. The maximum absolute atomic E-state index is 11.5. The molecule has 1 saturated heterocycles. The van der Waals surface area contributed by atoms with Crippen LogP contribution in [0.5, 0.6) is 0 Å². The van der Waals surface area contributed by atoms with Crippen molar-refractivity contribution in [3.05, 3.63) is 17.5 Å². The molecule has 0 aliphatic carbocycles. The second-order valence-electron chi connectivity index (χ2n) is 5.13. The second kappa shape index (κ2) is 5.52. The van der Waals surface area contributed by atoms with Gasteiger partial charge in [-0.2, -0.15) is 5.10 Å². The van der Waals surface area contributed by atoms with Gasteiger partial charge in [0, 0.05) is 24.8 Å². The van der Waals surface area contributed by atoms with Crippen molar-refractivity contribution in [2.45, 2.75) is 39.8 Å². The Morgan fingerprint density at radius 3 is 2.94 bits per heavy atom. The standard InChI is InChI=1S/C13H22N4O/c1-10-7-11(2)17(15-10)8-12(3)16-6-4-5-14-13(18)9-16/h7,12H,4-6,8-9H2,1-3H3,(H,14,18)/t12-/m0/s1. The largest absolute Gasteiger partial charge is 0.355 e. The average Bonchev–Trinajstić information content (AvgIpc) is 2.52. The number of rotatable bonds is 3. The fourth-order valence-electron chi connectivity index (χ4n) is 2.43. The molecule has 1 N–H and O–H groups in total. The molecule has 0 spiro atoms. The van der Waals surface area contributed by atoms with E-state index in [4.69, 9.17) is 0 Å². The molecule has 0 aromatic carbocycles. The minimum Gasteiger partial charge on any atom is -0.355 e. The zero-order valence-corrected chi connectivity index (χ0v) is 11.4. The van der Waals surface area contributed by atoms with E-state index in [-0.39, 0.29) is 5.91 Å². The van der Waals surface area contributed by atoms with Crippen LogP contribution >= 0.6 is 0 Å². The molecular weight excluding hydrogens is 228 g/mol. The molecule has 0 bridgehead atoms. The van der Waals surface area contributed by atoms with Gasteiger partial charge in [-0.3, -0.25) is 14.4 Å². The van der Waals surface area contributed by atoms with Gasteiger partial charge in [0.05, 0.1) is 18.8 Å². The van der Waals surface area contributed by atoms with Crippen LogP contribution in [0.15, 0.2) is 6.07 Å². The van der Waals surface area contributed by atoms with Crippen molar-refractivity contribution in [1.29, 1.82) is 0 Å². The first-order chi connectivity index (χ1) is 8.56. The van der Waals surface area contributed by atoms with Crippen LogP contribution in [-0.4, -0.2) is 46.3 Å². The van der Waals surface area contributed by atoms with Crippen molar-refractivity contribution in [3.8, 4) is 0 Å². The van der Waals surface area contributed by atoms with Crippen molar-refractivity contribution >= 4 is 5.91 Å². The first-order valence-electron chi connectivity index (χ1n) is 6.58. The third-order valence-electron chi connectivity index (χ3n) is 3.45. The Balaban J connectivity index is 2.00. The Morgan fingerprint density at radius 2 is 2.28 bits per heavy atom. The smallest absolute Gasteiger partial charge is 0.234 e. The maximum atomic E-state index is 11.5. The topological polar surface area (TPSA) is 50.2 Å². The van der Waals surface area contributed by atoms with Crippen LogP contribution in [0.3, 0.4) is 0 Å². The van der Waals surface area contributed by atoms with E-state index in [9.17, 15) is 4.79 Å². The maximum Gasteiger partial charge on any atom is 0.234 e. The lowest BCUT2D eigenvalue weighted by molar-refractivity contribution is -0.121. The van der Waals surface area contributed by atoms with Crippen molar-refractivity contribution in [2.75, 3.05) is 19.6 Å². The van der Waals surface area contributed by atoms with E-state index >= 15 is 0 Å². The van der Waals surface area contributed by atoms with Crippen molar-refractivity contribution in [2.24, 2.45) is 0 Å². The van der Waals surface area contributed by atoms with Gasteiger partial charge in [-0.15, -0.1) is 0 Å². The summed E-state index contributed by atoms with van der Waals surface area (Å²) in [7, 11) is 0. The summed E-state index contributed by atoms with van der Waals surface area (Å²) in [5.74, 6) is 0.132. The van der Waals surface area contributed by atoms with Crippen molar-refractivity contribution < 1.29 is 4.79 Å².